The van der Waals surface area contributed by atoms with Gasteiger partial charge >= 0.3 is 0 Å². The van der Waals surface area contributed by atoms with Gasteiger partial charge in [-0.3, -0.25) is 4.98 Å². The lowest BCUT2D eigenvalue weighted by molar-refractivity contribution is 1.12. The van der Waals surface area contributed by atoms with Gasteiger partial charge in [0.2, 0.25) is 0 Å². The molecule has 0 unspecified atom stereocenters. The zero-order valence-electron chi connectivity index (χ0n) is 7.13. The average Bonchev–Trinajstić information content (AvgIpc) is 2.16. The first kappa shape index (κ1) is 9.46. The molecule has 64 valence electrons. The van der Waals surface area contributed by atoms with E-state index >= 15 is 0 Å². The Hall–Kier alpha value is -0.630. The molecule has 1 aromatic rings. The smallest absolute Gasteiger partial charge is 0.0273 e. The third-order valence-electron chi connectivity index (χ3n) is 1.70. The van der Waals surface area contributed by atoms with Gasteiger partial charge in [0.05, 0.1) is 0 Å². The number of hydrogen-bond acceptors (Lipinski definition) is 1. The Balaban J connectivity index is 2.79. The predicted molar refractivity (Wildman–Crippen MR) is 56.3 cm³/mol. The van der Waals surface area contributed by atoms with Gasteiger partial charge in [-0.1, -0.05) is 34.5 Å². The highest BCUT2D eigenvalue weighted by atomic mass is 79.9. The molecule has 0 fully saturated rings. The van der Waals surface area contributed by atoms with Gasteiger partial charge in [0, 0.05) is 17.7 Å². The first-order valence-electron chi connectivity index (χ1n) is 4.02. The van der Waals surface area contributed by atoms with Crippen molar-refractivity contribution in [3.8, 4) is 0 Å². The van der Waals surface area contributed by atoms with E-state index in [2.05, 4.69) is 33.9 Å². The summed E-state index contributed by atoms with van der Waals surface area (Å²) in [5.41, 5.74) is 2.63. The van der Waals surface area contributed by atoms with Crippen LogP contribution < -0.4 is 0 Å². The zero-order chi connectivity index (χ0) is 8.81. The van der Waals surface area contributed by atoms with E-state index in [1.807, 2.05) is 24.5 Å². The lowest BCUT2D eigenvalue weighted by atomic mass is 10.1. The molecule has 1 rings (SSSR count). The minimum atomic E-state index is 0.950. The number of alkyl halides is 1. The summed E-state index contributed by atoms with van der Waals surface area (Å²) in [6, 6.07) is 4.02. The van der Waals surface area contributed by atoms with Crippen LogP contribution in [0.3, 0.4) is 0 Å². The van der Waals surface area contributed by atoms with Gasteiger partial charge < -0.3 is 0 Å². The lowest BCUT2D eigenvalue weighted by Gasteiger charge is -1.98. The van der Waals surface area contributed by atoms with Gasteiger partial charge in [0.25, 0.3) is 0 Å². The van der Waals surface area contributed by atoms with E-state index in [1.165, 1.54) is 11.1 Å². The summed E-state index contributed by atoms with van der Waals surface area (Å²) in [5, 5.41) is 0.950. The third-order valence-corrected chi connectivity index (χ3v) is 2.42. The van der Waals surface area contributed by atoms with Crippen LogP contribution >= 0.6 is 15.9 Å². The van der Waals surface area contributed by atoms with E-state index < -0.39 is 0 Å². The number of allylic oxidation sites excluding steroid dienone is 1. The van der Waals surface area contributed by atoms with Crippen molar-refractivity contribution in [3.63, 3.8) is 0 Å². The Morgan fingerprint density at radius 3 is 2.67 bits per heavy atom. The normalized spacial score (nSPS) is 11.7. The largest absolute Gasteiger partial charge is 0.265 e. The average molecular weight is 226 g/mol. The second kappa shape index (κ2) is 5.09. The van der Waals surface area contributed by atoms with Gasteiger partial charge in [-0.25, -0.2) is 0 Å². The topological polar surface area (TPSA) is 12.9 Å². The van der Waals surface area contributed by atoms with Crippen molar-refractivity contribution in [2.75, 3.05) is 5.33 Å². The molecule has 12 heavy (non-hydrogen) atoms. The highest BCUT2D eigenvalue weighted by Gasteiger charge is 1.91. The Morgan fingerprint density at radius 2 is 2.17 bits per heavy atom. The van der Waals surface area contributed by atoms with E-state index in [1.54, 1.807) is 0 Å². The summed E-state index contributed by atoms with van der Waals surface area (Å²) in [4.78, 5) is 3.96. The number of rotatable bonds is 3. The molecule has 0 aliphatic rings. The number of aromatic nitrogens is 1. The number of pyridine rings is 1. The molecular weight excluding hydrogens is 214 g/mol. The van der Waals surface area contributed by atoms with Crippen LogP contribution in [0.15, 0.2) is 30.1 Å². The Morgan fingerprint density at radius 1 is 1.50 bits per heavy atom. The summed E-state index contributed by atoms with van der Waals surface area (Å²) in [5.74, 6) is 0. The Labute approximate surface area is 81.7 Å². The lowest BCUT2D eigenvalue weighted by Crippen LogP contribution is -1.82. The highest BCUT2D eigenvalue weighted by Crippen LogP contribution is 2.10. The summed E-state index contributed by atoms with van der Waals surface area (Å²) in [6.07, 6.45) is 6.91. The number of halogens is 1. The van der Waals surface area contributed by atoms with E-state index in [-0.39, 0.29) is 0 Å². The molecule has 0 N–H and O–H groups in total. The standard InChI is InChI=1S/C10H12BrN/c1-2-9(8-11)7-10-3-5-12-6-4-10/h3-7H,2,8H2,1H3/b9-7-. The Bertz CT molecular complexity index is 248. The maximum Gasteiger partial charge on any atom is 0.0273 e. The Kier molecular flexibility index (Phi) is 4.01. The first-order chi connectivity index (χ1) is 5.86. The first-order valence-corrected chi connectivity index (χ1v) is 5.14. The third kappa shape index (κ3) is 2.78. The number of hydrogen-bond donors (Lipinski definition) is 0. The monoisotopic (exact) mass is 225 g/mol. The number of nitrogens with zero attached hydrogens (tertiary/aromatic N) is 1. The van der Waals surface area contributed by atoms with Crippen molar-refractivity contribution in [2.45, 2.75) is 13.3 Å². The van der Waals surface area contributed by atoms with Gasteiger partial charge in [0.15, 0.2) is 0 Å². The minimum Gasteiger partial charge on any atom is -0.265 e. The maximum atomic E-state index is 3.96. The van der Waals surface area contributed by atoms with E-state index in [4.69, 9.17) is 0 Å². The van der Waals surface area contributed by atoms with E-state index in [0.717, 1.165) is 11.8 Å². The van der Waals surface area contributed by atoms with Crippen molar-refractivity contribution in [3.05, 3.63) is 35.7 Å². The second-order valence-electron chi connectivity index (χ2n) is 2.57. The maximum absolute atomic E-state index is 3.96. The molecule has 0 aromatic carbocycles. The molecule has 1 heterocycles. The highest BCUT2D eigenvalue weighted by molar-refractivity contribution is 9.09. The van der Waals surface area contributed by atoms with Crippen LogP contribution in [0, 0.1) is 0 Å². The fourth-order valence-corrected chi connectivity index (χ4v) is 1.49. The zero-order valence-corrected chi connectivity index (χ0v) is 8.71. The summed E-state index contributed by atoms with van der Waals surface area (Å²) in [7, 11) is 0. The van der Waals surface area contributed by atoms with Crippen molar-refractivity contribution >= 4 is 22.0 Å². The summed E-state index contributed by atoms with van der Waals surface area (Å²) in [6.45, 7) is 2.16. The van der Waals surface area contributed by atoms with Gasteiger partial charge in [0.1, 0.15) is 0 Å². The van der Waals surface area contributed by atoms with Crippen LogP contribution in [0.4, 0.5) is 0 Å². The molecule has 1 aromatic heterocycles. The fourth-order valence-electron chi connectivity index (χ4n) is 0.931. The van der Waals surface area contributed by atoms with E-state index in [0.29, 0.717) is 0 Å². The van der Waals surface area contributed by atoms with Crippen molar-refractivity contribution in [1.82, 2.24) is 4.98 Å². The molecule has 0 saturated carbocycles. The molecule has 0 bridgehead atoms. The van der Waals surface area contributed by atoms with Gasteiger partial charge in [-0.15, -0.1) is 0 Å². The van der Waals surface area contributed by atoms with Crippen LogP contribution in [0.25, 0.3) is 6.08 Å². The minimum absolute atomic E-state index is 0.950. The molecule has 0 aliphatic carbocycles. The molecule has 0 radical (unpaired) electrons. The van der Waals surface area contributed by atoms with Crippen LogP contribution in [-0.4, -0.2) is 10.3 Å². The van der Waals surface area contributed by atoms with Crippen molar-refractivity contribution < 1.29 is 0 Å². The van der Waals surface area contributed by atoms with Crippen LogP contribution in [0.5, 0.6) is 0 Å². The fraction of sp³-hybridized carbons (Fsp3) is 0.300. The molecule has 2 heteroatoms. The van der Waals surface area contributed by atoms with E-state index in [9.17, 15) is 0 Å². The van der Waals surface area contributed by atoms with Crippen LogP contribution in [0.1, 0.15) is 18.9 Å². The second-order valence-corrected chi connectivity index (χ2v) is 3.13. The molecule has 0 amide bonds. The molecular formula is C10H12BrN. The van der Waals surface area contributed by atoms with Gasteiger partial charge in [-0.2, -0.15) is 0 Å². The molecule has 0 spiro atoms. The van der Waals surface area contributed by atoms with Gasteiger partial charge in [-0.05, 0) is 24.1 Å². The summed E-state index contributed by atoms with van der Waals surface area (Å²) < 4.78 is 0. The predicted octanol–water partition coefficient (Wildman–Crippen LogP) is 3.27. The SMILES string of the molecule is CC/C(=C/c1ccncc1)CBr. The van der Waals surface area contributed by atoms with Crippen LogP contribution in [-0.2, 0) is 0 Å². The van der Waals surface area contributed by atoms with Crippen molar-refractivity contribution in [1.29, 1.82) is 0 Å². The summed E-state index contributed by atoms with van der Waals surface area (Å²) >= 11 is 3.45. The van der Waals surface area contributed by atoms with Crippen molar-refractivity contribution in [2.24, 2.45) is 0 Å². The van der Waals surface area contributed by atoms with Crippen LogP contribution in [0.2, 0.25) is 0 Å². The quantitative estimate of drug-likeness (QED) is 0.721. The molecule has 0 saturated heterocycles. The molecule has 0 atom stereocenters. The molecule has 0 aliphatic heterocycles. The molecule has 1 nitrogen and oxygen atoms in total.